The molecule has 0 aromatic heterocycles. The lowest BCUT2D eigenvalue weighted by Gasteiger charge is -2.32. The van der Waals surface area contributed by atoms with Gasteiger partial charge in [-0.05, 0) is 64.1 Å². The first kappa shape index (κ1) is 19.0. The second-order valence-electron chi connectivity index (χ2n) is 8.18. The van der Waals surface area contributed by atoms with E-state index in [0.717, 1.165) is 24.1 Å². The van der Waals surface area contributed by atoms with Crippen molar-refractivity contribution in [3.05, 3.63) is 24.3 Å². The number of hydrogen-bond acceptors (Lipinski definition) is 4. The van der Waals surface area contributed by atoms with Crippen LogP contribution in [0.15, 0.2) is 24.3 Å². The minimum Gasteiger partial charge on any atom is -0.493 e. The summed E-state index contributed by atoms with van der Waals surface area (Å²) < 4.78 is 18.2. The molecule has 2 heterocycles. The van der Waals surface area contributed by atoms with Crippen LogP contribution in [0.2, 0.25) is 0 Å². The SMILES string of the molecule is CC1(C)OB(c2cccc(OCC3CCN(C(=O)O)CC3)c2)OC1(C)C. The van der Waals surface area contributed by atoms with Crippen LogP contribution < -0.4 is 10.2 Å². The molecule has 0 saturated carbocycles. The highest BCUT2D eigenvalue weighted by Crippen LogP contribution is 2.36. The maximum absolute atomic E-state index is 11.0. The van der Waals surface area contributed by atoms with Crippen LogP contribution in [0.25, 0.3) is 0 Å². The first-order valence-electron chi connectivity index (χ1n) is 9.24. The molecule has 0 spiro atoms. The van der Waals surface area contributed by atoms with Gasteiger partial charge in [-0.15, -0.1) is 0 Å². The molecule has 0 radical (unpaired) electrons. The number of piperidine rings is 1. The topological polar surface area (TPSA) is 68.2 Å². The number of nitrogens with zero attached hydrogens (tertiary/aromatic N) is 1. The monoisotopic (exact) mass is 361 g/mol. The molecule has 7 heteroatoms. The molecular weight excluding hydrogens is 333 g/mol. The molecular formula is C19H28BNO5. The number of ether oxygens (including phenoxy) is 1. The molecule has 26 heavy (non-hydrogen) atoms. The maximum Gasteiger partial charge on any atom is 0.494 e. The van der Waals surface area contributed by atoms with Crippen molar-refractivity contribution in [2.24, 2.45) is 5.92 Å². The predicted molar refractivity (Wildman–Crippen MR) is 100.0 cm³/mol. The van der Waals surface area contributed by atoms with E-state index in [1.54, 1.807) is 0 Å². The molecule has 0 atom stereocenters. The summed E-state index contributed by atoms with van der Waals surface area (Å²) in [6.45, 7) is 9.91. The van der Waals surface area contributed by atoms with E-state index < -0.39 is 13.2 Å². The third kappa shape index (κ3) is 3.99. The molecule has 1 aromatic rings. The van der Waals surface area contributed by atoms with Gasteiger partial charge in [0.25, 0.3) is 0 Å². The van der Waals surface area contributed by atoms with E-state index in [0.29, 0.717) is 25.6 Å². The van der Waals surface area contributed by atoms with Gasteiger partial charge < -0.3 is 24.1 Å². The Morgan fingerprint density at radius 1 is 1.23 bits per heavy atom. The second kappa shape index (κ2) is 7.12. The molecule has 2 aliphatic heterocycles. The van der Waals surface area contributed by atoms with E-state index in [-0.39, 0.29) is 11.2 Å². The fraction of sp³-hybridized carbons (Fsp3) is 0.632. The Balaban J connectivity index is 1.56. The number of benzene rings is 1. The molecule has 142 valence electrons. The molecule has 1 amide bonds. The van der Waals surface area contributed by atoms with E-state index in [1.165, 1.54) is 4.90 Å². The third-order valence-corrected chi connectivity index (χ3v) is 5.75. The number of amides is 1. The third-order valence-electron chi connectivity index (χ3n) is 5.75. The smallest absolute Gasteiger partial charge is 0.493 e. The van der Waals surface area contributed by atoms with Gasteiger partial charge in [0.05, 0.1) is 17.8 Å². The minimum atomic E-state index is -0.834. The Morgan fingerprint density at radius 3 is 2.42 bits per heavy atom. The molecule has 3 rings (SSSR count). The Hall–Kier alpha value is -1.73. The van der Waals surface area contributed by atoms with Crippen LogP contribution in [0.3, 0.4) is 0 Å². The number of carbonyl (C=O) groups is 1. The lowest BCUT2D eigenvalue weighted by molar-refractivity contribution is 0.00578. The number of carboxylic acid groups (broad SMARTS) is 1. The fourth-order valence-corrected chi connectivity index (χ4v) is 3.24. The van der Waals surface area contributed by atoms with Crippen molar-refractivity contribution < 1.29 is 23.9 Å². The largest absolute Gasteiger partial charge is 0.494 e. The second-order valence-corrected chi connectivity index (χ2v) is 8.18. The highest BCUT2D eigenvalue weighted by atomic mass is 16.7. The van der Waals surface area contributed by atoms with E-state index in [1.807, 2.05) is 52.0 Å². The van der Waals surface area contributed by atoms with Gasteiger partial charge >= 0.3 is 13.2 Å². The summed E-state index contributed by atoms with van der Waals surface area (Å²) >= 11 is 0. The summed E-state index contributed by atoms with van der Waals surface area (Å²) in [5, 5.41) is 9.01. The van der Waals surface area contributed by atoms with Gasteiger partial charge in [0.15, 0.2) is 0 Å². The Kier molecular flexibility index (Phi) is 5.22. The zero-order chi connectivity index (χ0) is 18.9. The van der Waals surface area contributed by atoms with Crippen molar-refractivity contribution in [3.63, 3.8) is 0 Å². The van der Waals surface area contributed by atoms with Crippen LogP contribution in [0, 0.1) is 5.92 Å². The normalized spacial score (nSPS) is 22.5. The maximum atomic E-state index is 11.0. The molecule has 1 N–H and O–H groups in total. The number of hydrogen-bond donors (Lipinski definition) is 1. The Morgan fingerprint density at radius 2 is 1.85 bits per heavy atom. The lowest BCUT2D eigenvalue weighted by atomic mass is 9.79. The molecule has 6 nitrogen and oxygen atoms in total. The van der Waals surface area contributed by atoms with Crippen molar-refractivity contribution in [1.29, 1.82) is 0 Å². The van der Waals surface area contributed by atoms with Gasteiger partial charge in [-0.1, -0.05) is 12.1 Å². The Bertz CT molecular complexity index is 639. The lowest BCUT2D eigenvalue weighted by Crippen LogP contribution is -2.41. The van der Waals surface area contributed by atoms with Gasteiger partial charge in [0.1, 0.15) is 5.75 Å². The minimum absolute atomic E-state index is 0.368. The van der Waals surface area contributed by atoms with Crippen molar-refractivity contribution in [2.45, 2.75) is 51.7 Å². The molecule has 0 unspecified atom stereocenters. The van der Waals surface area contributed by atoms with Crippen LogP contribution in [0.1, 0.15) is 40.5 Å². The zero-order valence-electron chi connectivity index (χ0n) is 16.0. The van der Waals surface area contributed by atoms with E-state index in [9.17, 15) is 4.79 Å². The first-order valence-corrected chi connectivity index (χ1v) is 9.24. The molecule has 2 saturated heterocycles. The first-order chi connectivity index (χ1) is 12.2. The van der Waals surface area contributed by atoms with E-state index in [2.05, 4.69) is 0 Å². The summed E-state index contributed by atoms with van der Waals surface area (Å²) in [6, 6.07) is 7.83. The van der Waals surface area contributed by atoms with Crippen LogP contribution in [0.5, 0.6) is 5.75 Å². The quantitative estimate of drug-likeness (QED) is 0.836. The summed E-state index contributed by atoms with van der Waals surface area (Å²) in [7, 11) is -0.401. The molecule has 2 fully saturated rings. The summed E-state index contributed by atoms with van der Waals surface area (Å²) in [5.41, 5.74) is 0.209. The summed E-state index contributed by atoms with van der Waals surface area (Å²) in [6.07, 6.45) is 0.839. The van der Waals surface area contributed by atoms with Crippen LogP contribution in [0.4, 0.5) is 4.79 Å². The number of rotatable bonds is 4. The van der Waals surface area contributed by atoms with Crippen molar-refractivity contribution in [1.82, 2.24) is 4.90 Å². The van der Waals surface area contributed by atoms with Crippen molar-refractivity contribution in [3.8, 4) is 5.75 Å². The zero-order valence-corrected chi connectivity index (χ0v) is 16.0. The van der Waals surface area contributed by atoms with Crippen molar-refractivity contribution >= 4 is 18.7 Å². The van der Waals surface area contributed by atoms with Gasteiger partial charge in [0, 0.05) is 13.1 Å². The molecule has 0 aliphatic carbocycles. The van der Waals surface area contributed by atoms with Crippen LogP contribution >= 0.6 is 0 Å². The van der Waals surface area contributed by atoms with E-state index in [4.69, 9.17) is 19.2 Å². The van der Waals surface area contributed by atoms with Gasteiger partial charge in [-0.25, -0.2) is 4.79 Å². The summed E-state index contributed by atoms with van der Waals surface area (Å²) in [5.74, 6) is 1.17. The van der Waals surface area contributed by atoms with Crippen LogP contribution in [-0.2, 0) is 9.31 Å². The highest BCUT2D eigenvalue weighted by molar-refractivity contribution is 6.62. The molecule has 0 bridgehead atoms. The van der Waals surface area contributed by atoms with Gasteiger partial charge in [-0.3, -0.25) is 0 Å². The van der Waals surface area contributed by atoms with Gasteiger partial charge in [0.2, 0.25) is 0 Å². The van der Waals surface area contributed by atoms with E-state index >= 15 is 0 Å². The average molecular weight is 361 g/mol. The number of likely N-dealkylation sites (tertiary alicyclic amines) is 1. The van der Waals surface area contributed by atoms with Crippen molar-refractivity contribution in [2.75, 3.05) is 19.7 Å². The fourth-order valence-electron chi connectivity index (χ4n) is 3.24. The standard InChI is InChI=1S/C19H28BNO5/c1-18(2)19(3,4)26-20(25-18)15-6-5-7-16(12-15)24-13-14-8-10-21(11-9-14)17(22)23/h5-7,12,14H,8-11,13H2,1-4H3,(H,22,23). The Labute approximate surface area is 155 Å². The average Bonchev–Trinajstić information content (AvgIpc) is 2.81. The van der Waals surface area contributed by atoms with Gasteiger partial charge in [-0.2, -0.15) is 0 Å². The summed E-state index contributed by atoms with van der Waals surface area (Å²) in [4.78, 5) is 12.4. The predicted octanol–water partition coefficient (Wildman–Crippen LogP) is 2.75. The highest BCUT2D eigenvalue weighted by Gasteiger charge is 2.51. The molecule has 1 aromatic carbocycles. The molecule has 2 aliphatic rings. The van der Waals surface area contributed by atoms with Crippen LogP contribution in [-0.4, -0.2) is 54.1 Å².